The van der Waals surface area contributed by atoms with Gasteiger partial charge in [0.15, 0.2) is 0 Å². The summed E-state index contributed by atoms with van der Waals surface area (Å²) in [5.74, 6) is 0.895. The number of benzene rings is 2. The van der Waals surface area contributed by atoms with E-state index in [4.69, 9.17) is 9.72 Å². The third-order valence-corrected chi connectivity index (χ3v) is 6.87. The molecule has 1 aliphatic heterocycles. The molecule has 0 amide bonds. The van der Waals surface area contributed by atoms with Crippen LogP contribution in [-0.2, 0) is 0 Å². The van der Waals surface area contributed by atoms with E-state index in [1.165, 1.54) is 0 Å². The highest BCUT2D eigenvalue weighted by atomic mass is 19.1. The highest BCUT2D eigenvalue weighted by Gasteiger charge is 2.17. The minimum Gasteiger partial charge on any atom is -0.494 e. The maximum atomic E-state index is 15.1. The van der Waals surface area contributed by atoms with Gasteiger partial charge in [-0.3, -0.25) is 0 Å². The first-order chi connectivity index (χ1) is 17.3. The number of hydrogen-bond acceptors (Lipinski definition) is 6. The van der Waals surface area contributed by atoms with Gasteiger partial charge in [-0.25, -0.2) is 14.4 Å². The van der Waals surface area contributed by atoms with E-state index in [9.17, 15) is 0 Å². The summed E-state index contributed by atoms with van der Waals surface area (Å²) in [6.07, 6.45) is 1.69. The van der Waals surface area contributed by atoms with Crippen molar-refractivity contribution in [2.24, 2.45) is 0 Å². The van der Waals surface area contributed by atoms with E-state index in [1.54, 1.807) is 25.4 Å². The zero-order valence-corrected chi connectivity index (χ0v) is 21.5. The lowest BCUT2D eigenvalue weighted by atomic mass is 10.1. The number of piperazine rings is 1. The molecule has 3 heterocycles. The molecule has 2 aromatic heterocycles. The average molecular weight is 489 g/mol. The molecule has 188 valence electrons. The number of likely N-dealkylation sites (N-methyl/N-ethyl adjacent to an activating group) is 1. The van der Waals surface area contributed by atoms with Gasteiger partial charge in [-0.2, -0.15) is 0 Å². The van der Waals surface area contributed by atoms with Crippen LogP contribution in [0.1, 0.15) is 25.6 Å². The summed E-state index contributed by atoms with van der Waals surface area (Å²) in [6.45, 7) is 10.3. The van der Waals surface area contributed by atoms with Gasteiger partial charge in [-0.1, -0.05) is 0 Å². The van der Waals surface area contributed by atoms with Crippen molar-refractivity contribution in [2.45, 2.75) is 26.8 Å². The van der Waals surface area contributed by atoms with Crippen LogP contribution in [0.4, 0.5) is 21.7 Å². The van der Waals surface area contributed by atoms with Gasteiger partial charge in [0.2, 0.25) is 5.95 Å². The molecule has 5 rings (SSSR count). The molecule has 0 saturated carbocycles. The van der Waals surface area contributed by atoms with Crippen LogP contribution in [0.25, 0.3) is 22.2 Å². The highest BCUT2D eigenvalue weighted by molar-refractivity contribution is 5.87. The Morgan fingerprint density at radius 2 is 1.81 bits per heavy atom. The maximum absolute atomic E-state index is 15.1. The van der Waals surface area contributed by atoms with Gasteiger partial charge >= 0.3 is 0 Å². The Bertz CT molecular complexity index is 1390. The summed E-state index contributed by atoms with van der Waals surface area (Å²) in [5.41, 5.74) is 5.17. The second-order valence-electron chi connectivity index (χ2n) is 9.71. The van der Waals surface area contributed by atoms with Crippen LogP contribution in [0.5, 0.6) is 5.75 Å². The van der Waals surface area contributed by atoms with Crippen LogP contribution in [0.2, 0.25) is 0 Å². The molecule has 8 heteroatoms. The van der Waals surface area contributed by atoms with Crippen LogP contribution in [0.15, 0.2) is 48.7 Å². The normalized spacial score (nSPS) is 14.6. The molecule has 4 aromatic rings. The molecule has 1 N–H and O–H groups in total. The highest BCUT2D eigenvalue weighted by Crippen LogP contribution is 2.33. The van der Waals surface area contributed by atoms with Crippen molar-refractivity contribution in [1.29, 1.82) is 0 Å². The predicted octanol–water partition coefficient (Wildman–Crippen LogP) is 5.63. The van der Waals surface area contributed by atoms with Crippen molar-refractivity contribution in [1.82, 2.24) is 19.4 Å². The van der Waals surface area contributed by atoms with Crippen LogP contribution in [0.3, 0.4) is 0 Å². The number of nitrogens with zero attached hydrogens (tertiary/aromatic N) is 5. The smallest absolute Gasteiger partial charge is 0.227 e. The summed E-state index contributed by atoms with van der Waals surface area (Å²) < 4.78 is 22.9. The Morgan fingerprint density at radius 1 is 1.03 bits per heavy atom. The first-order valence-electron chi connectivity index (χ1n) is 12.4. The van der Waals surface area contributed by atoms with E-state index in [-0.39, 0.29) is 11.9 Å². The molecule has 1 fully saturated rings. The fourth-order valence-corrected chi connectivity index (χ4v) is 4.99. The zero-order valence-electron chi connectivity index (χ0n) is 21.5. The number of anilines is 3. The van der Waals surface area contributed by atoms with Crippen molar-refractivity contribution < 1.29 is 9.13 Å². The summed E-state index contributed by atoms with van der Waals surface area (Å²) >= 11 is 0. The SMILES string of the molecule is COc1cc(N2CCN(C)CC2)ccc1Nc1nccc(-c2cc(F)c3cc(C)n(C(C)C)c3c2)n1. The zero-order chi connectivity index (χ0) is 25.4. The molecule has 0 bridgehead atoms. The first kappa shape index (κ1) is 24.1. The monoisotopic (exact) mass is 488 g/mol. The molecule has 1 saturated heterocycles. The Kier molecular flexibility index (Phi) is 6.53. The topological polar surface area (TPSA) is 58.5 Å². The molecule has 36 heavy (non-hydrogen) atoms. The van der Waals surface area contributed by atoms with Gasteiger partial charge in [0, 0.05) is 66.8 Å². The molecule has 7 nitrogen and oxygen atoms in total. The maximum Gasteiger partial charge on any atom is 0.227 e. The van der Waals surface area contributed by atoms with Crippen LogP contribution >= 0.6 is 0 Å². The fourth-order valence-electron chi connectivity index (χ4n) is 4.99. The number of rotatable bonds is 6. The molecular formula is C28H33FN6O. The molecule has 2 aromatic carbocycles. The minimum absolute atomic E-state index is 0.223. The Morgan fingerprint density at radius 3 is 2.53 bits per heavy atom. The van der Waals surface area contributed by atoms with Crippen molar-refractivity contribution in [3.63, 3.8) is 0 Å². The number of aromatic nitrogens is 3. The van der Waals surface area contributed by atoms with Gasteiger partial charge in [0.05, 0.1) is 24.0 Å². The number of methoxy groups -OCH3 is 1. The molecule has 0 atom stereocenters. The van der Waals surface area contributed by atoms with E-state index >= 15 is 4.39 Å². The first-order valence-corrected chi connectivity index (χ1v) is 12.4. The van der Waals surface area contributed by atoms with Gasteiger partial charge < -0.3 is 24.4 Å². The predicted molar refractivity (Wildman–Crippen MR) is 144 cm³/mol. The van der Waals surface area contributed by atoms with Gasteiger partial charge in [-0.15, -0.1) is 0 Å². The molecule has 0 aliphatic carbocycles. The van der Waals surface area contributed by atoms with Crippen LogP contribution < -0.4 is 15.0 Å². The summed E-state index contributed by atoms with van der Waals surface area (Å²) in [4.78, 5) is 13.8. The van der Waals surface area contributed by atoms with E-state index in [0.29, 0.717) is 22.6 Å². The van der Waals surface area contributed by atoms with E-state index in [1.807, 2.05) is 31.2 Å². The largest absolute Gasteiger partial charge is 0.494 e. The lowest BCUT2D eigenvalue weighted by molar-refractivity contribution is 0.312. The minimum atomic E-state index is -0.251. The molecule has 0 radical (unpaired) electrons. The van der Waals surface area contributed by atoms with Gasteiger partial charge in [-0.05, 0) is 64.2 Å². The summed E-state index contributed by atoms with van der Waals surface area (Å²) in [5, 5.41) is 3.91. The standard InChI is InChI=1S/C28H33FN6O/c1-18(2)35-19(3)14-22-23(29)15-20(16-26(22)35)24-8-9-30-28(31-24)32-25-7-6-21(17-27(25)36-5)34-12-10-33(4)11-13-34/h6-9,14-18H,10-13H2,1-5H3,(H,30,31,32). The molecule has 0 unspecified atom stereocenters. The van der Waals surface area contributed by atoms with Crippen molar-refractivity contribution in [2.75, 3.05) is 50.6 Å². The summed E-state index contributed by atoms with van der Waals surface area (Å²) in [7, 11) is 3.81. The van der Waals surface area contributed by atoms with Crippen molar-refractivity contribution in [3.8, 4) is 17.0 Å². The lowest BCUT2D eigenvalue weighted by Gasteiger charge is -2.34. The number of halogens is 1. The Hall–Kier alpha value is -3.65. The summed E-state index contributed by atoms with van der Waals surface area (Å²) in [6, 6.07) is 13.6. The lowest BCUT2D eigenvalue weighted by Crippen LogP contribution is -2.44. The molecule has 1 aliphatic rings. The van der Waals surface area contributed by atoms with E-state index in [0.717, 1.165) is 54.5 Å². The quantitative estimate of drug-likeness (QED) is 0.380. The van der Waals surface area contributed by atoms with Crippen LogP contribution in [-0.4, -0.2) is 59.8 Å². The van der Waals surface area contributed by atoms with Crippen LogP contribution in [0, 0.1) is 12.7 Å². The number of nitrogens with one attached hydrogen (secondary N) is 1. The van der Waals surface area contributed by atoms with Gasteiger partial charge in [0.1, 0.15) is 11.6 Å². The Balaban J connectivity index is 1.44. The fraction of sp³-hybridized carbons (Fsp3) is 0.357. The number of fused-ring (bicyclic) bond motifs is 1. The van der Waals surface area contributed by atoms with E-state index < -0.39 is 0 Å². The Labute approximate surface area is 211 Å². The second kappa shape index (κ2) is 9.78. The molecule has 0 spiro atoms. The van der Waals surface area contributed by atoms with E-state index in [2.05, 4.69) is 51.6 Å². The third-order valence-electron chi connectivity index (χ3n) is 6.87. The van der Waals surface area contributed by atoms with Crippen molar-refractivity contribution >= 4 is 28.2 Å². The number of hydrogen-bond donors (Lipinski definition) is 1. The third kappa shape index (κ3) is 4.60. The van der Waals surface area contributed by atoms with Gasteiger partial charge in [0.25, 0.3) is 0 Å². The number of ether oxygens (including phenoxy) is 1. The van der Waals surface area contributed by atoms with Crippen molar-refractivity contribution in [3.05, 3.63) is 60.2 Å². The average Bonchev–Trinajstić information content (AvgIpc) is 3.21. The molecular weight excluding hydrogens is 455 g/mol. The number of aryl methyl sites for hydroxylation is 1. The second-order valence-corrected chi connectivity index (χ2v) is 9.71.